The van der Waals surface area contributed by atoms with Gasteiger partial charge in [-0.25, -0.2) is 4.39 Å². The number of benzene rings is 1. The molecule has 0 bridgehead atoms. The molecule has 6 nitrogen and oxygen atoms in total. The van der Waals surface area contributed by atoms with Crippen molar-refractivity contribution in [3.8, 4) is 0 Å². The Morgan fingerprint density at radius 2 is 1.93 bits per heavy atom. The highest BCUT2D eigenvalue weighted by atomic mass is 19.1. The quantitative estimate of drug-likeness (QED) is 0.786. The van der Waals surface area contributed by atoms with Gasteiger partial charge in [-0.15, -0.1) is 0 Å². The Morgan fingerprint density at radius 3 is 2.60 bits per heavy atom. The topological polar surface area (TPSA) is 82.7 Å². The number of aromatic nitrogens is 1. The van der Waals surface area contributed by atoms with Gasteiger partial charge in [-0.1, -0.05) is 12.1 Å². The Morgan fingerprint density at radius 1 is 1.13 bits per heavy atom. The van der Waals surface area contributed by atoms with E-state index in [0.29, 0.717) is 51.1 Å². The molecule has 2 aliphatic heterocycles. The number of anilines is 1. The molecule has 2 saturated heterocycles. The molecule has 30 heavy (non-hydrogen) atoms. The van der Waals surface area contributed by atoms with Gasteiger partial charge in [-0.05, 0) is 62.6 Å². The maximum Gasteiger partial charge on any atom is 0.230 e. The lowest BCUT2D eigenvalue weighted by molar-refractivity contribution is -0.126. The lowest BCUT2D eigenvalue weighted by atomic mass is 9.75. The molecule has 7 heteroatoms. The Hall–Kier alpha value is -2.51. The molecular formula is C23H29FN4O2. The van der Waals surface area contributed by atoms with E-state index < -0.39 is 11.0 Å². The van der Waals surface area contributed by atoms with Crippen molar-refractivity contribution in [3.63, 3.8) is 0 Å². The fourth-order valence-electron chi connectivity index (χ4n) is 4.89. The molecule has 0 unspecified atom stereocenters. The molecule has 1 amide bonds. The molecule has 2 aromatic rings. The fourth-order valence-corrected chi connectivity index (χ4v) is 4.89. The van der Waals surface area contributed by atoms with E-state index >= 15 is 0 Å². The summed E-state index contributed by atoms with van der Waals surface area (Å²) in [6.45, 7) is 3.10. The van der Waals surface area contributed by atoms with Crippen molar-refractivity contribution in [3.05, 3.63) is 60.2 Å². The highest BCUT2D eigenvalue weighted by Gasteiger charge is 2.45. The molecule has 1 aromatic heterocycles. The van der Waals surface area contributed by atoms with E-state index in [1.165, 1.54) is 12.1 Å². The molecule has 0 aliphatic carbocycles. The zero-order chi connectivity index (χ0) is 21.2. The first kappa shape index (κ1) is 20.8. The minimum atomic E-state index is -0.839. The molecule has 0 radical (unpaired) electrons. The molecule has 0 saturated carbocycles. The van der Waals surface area contributed by atoms with E-state index in [-0.39, 0.29) is 11.7 Å². The maximum absolute atomic E-state index is 13.5. The van der Waals surface area contributed by atoms with Crippen LogP contribution < -0.4 is 10.6 Å². The highest BCUT2D eigenvalue weighted by Crippen LogP contribution is 2.35. The fraction of sp³-hybridized carbons (Fsp3) is 0.478. The number of hydrogen-bond donors (Lipinski definition) is 2. The van der Waals surface area contributed by atoms with Crippen LogP contribution in [-0.2, 0) is 10.2 Å². The number of rotatable bonds is 5. The average Bonchev–Trinajstić information content (AvgIpc) is 2.74. The molecule has 4 rings (SSSR count). The summed E-state index contributed by atoms with van der Waals surface area (Å²) in [5.74, 6) is -0.613. The molecule has 2 fully saturated rings. The Labute approximate surface area is 176 Å². The van der Waals surface area contributed by atoms with E-state index in [1.807, 2.05) is 24.3 Å². The van der Waals surface area contributed by atoms with E-state index in [4.69, 9.17) is 5.73 Å². The largest absolute Gasteiger partial charge is 0.388 e. The second-order valence-corrected chi connectivity index (χ2v) is 8.67. The summed E-state index contributed by atoms with van der Waals surface area (Å²) in [6.07, 6.45) is 4.36. The molecule has 2 aliphatic rings. The predicted octanol–water partition coefficient (Wildman–Crippen LogP) is 2.07. The lowest BCUT2D eigenvalue weighted by Crippen LogP contribution is -2.58. The maximum atomic E-state index is 13.5. The summed E-state index contributed by atoms with van der Waals surface area (Å²) in [5, 5.41) is 11.2. The van der Waals surface area contributed by atoms with Crippen LogP contribution in [0.1, 0.15) is 31.4 Å². The third-order valence-corrected chi connectivity index (χ3v) is 6.58. The zero-order valence-corrected chi connectivity index (χ0v) is 17.1. The standard InChI is InChI=1S/C23H29FN4O2/c24-18-5-3-6-19(15-18)28-13-9-22(30,10-14-28)16-27-12-4-8-23(17-27,21(25)29)20-7-1-2-11-26-20/h1-3,5-7,11,15,30H,4,8-10,12-14,16-17H2,(H2,25,29)/t23-/m0/s1. The summed E-state index contributed by atoms with van der Waals surface area (Å²) >= 11 is 0. The zero-order valence-electron chi connectivity index (χ0n) is 17.1. The normalized spacial score (nSPS) is 24.5. The van der Waals surface area contributed by atoms with E-state index in [2.05, 4.69) is 14.8 Å². The third kappa shape index (κ3) is 4.18. The van der Waals surface area contributed by atoms with Crippen molar-refractivity contribution in [2.24, 2.45) is 5.73 Å². The number of carbonyl (C=O) groups is 1. The summed E-state index contributed by atoms with van der Waals surface area (Å²) < 4.78 is 13.5. The van der Waals surface area contributed by atoms with Gasteiger partial charge >= 0.3 is 0 Å². The number of primary amides is 1. The Bertz CT molecular complexity index is 886. The van der Waals surface area contributed by atoms with Crippen LogP contribution in [0.5, 0.6) is 0 Å². The molecule has 1 atom stereocenters. The molecule has 1 aromatic carbocycles. The second-order valence-electron chi connectivity index (χ2n) is 8.67. The van der Waals surface area contributed by atoms with Crippen LogP contribution in [0.2, 0.25) is 0 Å². The van der Waals surface area contributed by atoms with Crippen LogP contribution in [0, 0.1) is 5.82 Å². The minimum Gasteiger partial charge on any atom is -0.388 e. The Kier molecular flexibility index (Phi) is 5.75. The number of likely N-dealkylation sites (tertiary alicyclic amines) is 1. The number of aliphatic hydroxyl groups is 1. The lowest BCUT2D eigenvalue weighted by Gasteiger charge is -2.46. The van der Waals surface area contributed by atoms with Crippen molar-refractivity contribution < 1.29 is 14.3 Å². The number of amides is 1. The van der Waals surface area contributed by atoms with Gasteiger partial charge in [0.1, 0.15) is 11.2 Å². The number of hydrogen-bond acceptors (Lipinski definition) is 5. The van der Waals surface area contributed by atoms with Crippen LogP contribution in [0.4, 0.5) is 10.1 Å². The van der Waals surface area contributed by atoms with Gasteiger partial charge in [-0.3, -0.25) is 14.7 Å². The van der Waals surface area contributed by atoms with Gasteiger partial charge in [0.05, 0.1) is 11.3 Å². The number of halogens is 1. The molecule has 3 N–H and O–H groups in total. The van der Waals surface area contributed by atoms with Gasteiger partial charge in [0, 0.05) is 38.1 Å². The van der Waals surface area contributed by atoms with Crippen molar-refractivity contribution in [1.82, 2.24) is 9.88 Å². The van der Waals surface area contributed by atoms with Gasteiger partial charge in [0.15, 0.2) is 0 Å². The van der Waals surface area contributed by atoms with Crippen LogP contribution in [0.15, 0.2) is 48.7 Å². The predicted molar refractivity (Wildman–Crippen MR) is 114 cm³/mol. The first-order chi connectivity index (χ1) is 14.4. The van der Waals surface area contributed by atoms with E-state index in [0.717, 1.165) is 18.7 Å². The van der Waals surface area contributed by atoms with Crippen LogP contribution in [0.25, 0.3) is 0 Å². The van der Waals surface area contributed by atoms with Crippen LogP contribution in [0.3, 0.4) is 0 Å². The van der Waals surface area contributed by atoms with Crippen molar-refractivity contribution >= 4 is 11.6 Å². The molecule has 0 spiro atoms. The monoisotopic (exact) mass is 412 g/mol. The summed E-state index contributed by atoms with van der Waals surface area (Å²) in [6, 6.07) is 12.1. The molecule has 160 valence electrons. The van der Waals surface area contributed by atoms with Gasteiger partial charge < -0.3 is 15.7 Å². The van der Waals surface area contributed by atoms with E-state index in [9.17, 15) is 14.3 Å². The summed E-state index contributed by atoms with van der Waals surface area (Å²) in [4.78, 5) is 21.2. The smallest absolute Gasteiger partial charge is 0.230 e. The highest BCUT2D eigenvalue weighted by molar-refractivity contribution is 5.86. The first-order valence-electron chi connectivity index (χ1n) is 10.6. The van der Waals surface area contributed by atoms with Crippen molar-refractivity contribution in [2.45, 2.75) is 36.7 Å². The number of pyridine rings is 1. The Balaban J connectivity index is 1.43. The van der Waals surface area contributed by atoms with Crippen molar-refractivity contribution in [1.29, 1.82) is 0 Å². The SMILES string of the molecule is NC(=O)[C@@]1(c2ccccn2)CCCN(CC2(O)CCN(c3cccc(F)c3)CC2)C1. The first-order valence-corrected chi connectivity index (χ1v) is 10.6. The van der Waals surface area contributed by atoms with Gasteiger partial charge in [-0.2, -0.15) is 0 Å². The summed E-state index contributed by atoms with van der Waals surface area (Å²) in [7, 11) is 0. The van der Waals surface area contributed by atoms with Crippen LogP contribution >= 0.6 is 0 Å². The number of piperidine rings is 2. The summed E-state index contributed by atoms with van der Waals surface area (Å²) in [5.41, 5.74) is 5.74. The molecule has 3 heterocycles. The second kappa shape index (κ2) is 8.32. The van der Waals surface area contributed by atoms with Gasteiger partial charge in [0.25, 0.3) is 0 Å². The third-order valence-electron chi connectivity index (χ3n) is 6.58. The molecular weight excluding hydrogens is 383 g/mol. The van der Waals surface area contributed by atoms with Crippen molar-refractivity contribution in [2.75, 3.05) is 37.6 Å². The van der Waals surface area contributed by atoms with Gasteiger partial charge in [0.2, 0.25) is 5.91 Å². The number of carbonyl (C=O) groups excluding carboxylic acids is 1. The van der Waals surface area contributed by atoms with E-state index in [1.54, 1.807) is 12.3 Å². The number of β-amino-alcohol motifs (C(OH)–C–C–N with tert-alkyl or cyclic N) is 1. The average molecular weight is 413 g/mol. The minimum absolute atomic E-state index is 0.251. The number of nitrogens with zero attached hydrogens (tertiary/aromatic N) is 3. The van der Waals surface area contributed by atoms with Crippen LogP contribution in [-0.4, -0.2) is 59.2 Å². The number of nitrogens with two attached hydrogens (primary N) is 1.